The Labute approximate surface area is 83.9 Å². The minimum absolute atomic E-state index is 0.205. The maximum absolute atomic E-state index is 9.33. The Morgan fingerprint density at radius 3 is 3.25 bits per heavy atom. The third kappa shape index (κ3) is 1.35. The lowest BCUT2D eigenvalue weighted by molar-refractivity contribution is 0.282. The Morgan fingerprint density at radius 1 is 1.58 bits per heavy atom. The molecule has 0 radical (unpaired) electrons. The van der Waals surface area contributed by atoms with Crippen LogP contribution in [0.2, 0.25) is 0 Å². The molecular weight excluding hydrogens is 269 g/mol. The topological polar surface area (TPSA) is 42.4 Å². The van der Waals surface area contributed by atoms with Crippen LogP contribution in [-0.2, 0) is 6.42 Å². The summed E-state index contributed by atoms with van der Waals surface area (Å²) in [6.07, 6.45) is 1.96. The van der Waals surface area contributed by atoms with E-state index in [4.69, 9.17) is 4.74 Å². The number of hydrogen-bond acceptors (Lipinski definition) is 3. The van der Waals surface area contributed by atoms with E-state index in [1.54, 1.807) is 6.07 Å². The Kier molecular flexibility index (Phi) is 2.08. The van der Waals surface area contributed by atoms with Gasteiger partial charge in [0.05, 0.1) is 12.3 Å². The predicted octanol–water partition coefficient (Wildman–Crippen LogP) is 1.72. The summed E-state index contributed by atoms with van der Waals surface area (Å²) in [5.74, 6) is 0.940. The summed E-state index contributed by atoms with van der Waals surface area (Å²) in [7, 11) is 0. The number of pyridine rings is 1. The van der Waals surface area contributed by atoms with Gasteiger partial charge in [-0.05, 0) is 35.4 Å². The predicted molar refractivity (Wildman–Crippen MR) is 52.4 cm³/mol. The fourth-order valence-corrected chi connectivity index (χ4v) is 1.67. The third-order valence-electron chi connectivity index (χ3n) is 1.81. The van der Waals surface area contributed by atoms with Gasteiger partial charge in [-0.1, -0.05) is 0 Å². The van der Waals surface area contributed by atoms with Crippen molar-refractivity contribution in [1.29, 1.82) is 0 Å². The summed E-state index contributed by atoms with van der Waals surface area (Å²) < 4.78 is 5.98. The van der Waals surface area contributed by atoms with Crippen LogP contribution in [0.25, 0.3) is 0 Å². The highest BCUT2D eigenvalue weighted by atomic mass is 127. The van der Waals surface area contributed by atoms with E-state index in [0.717, 1.165) is 30.9 Å². The second-order valence-corrected chi connectivity index (χ2v) is 3.72. The van der Waals surface area contributed by atoms with Gasteiger partial charge in [0.25, 0.3) is 0 Å². The number of rotatable bonds is 0. The van der Waals surface area contributed by atoms with Crippen LogP contribution < -0.4 is 4.74 Å². The van der Waals surface area contributed by atoms with Gasteiger partial charge in [-0.15, -0.1) is 0 Å². The van der Waals surface area contributed by atoms with Crippen molar-refractivity contribution in [3.05, 3.63) is 15.5 Å². The monoisotopic (exact) mass is 277 g/mol. The minimum Gasteiger partial charge on any atom is -0.505 e. The molecule has 0 aliphatic carbocycles. The van der Waals surface area contributed by atoms with Crippen LogP contribution in [0.15, 0.2) is 6.07 Å². The maximum atomic E-state index is 9.33. The van der Waals surface area contributed by atoms with E-state index in [-0.39, 0.29) is 5.75 Å². The molecule has 64 valence electrons. The van der Waals surface area contributed by atoms with E-state index in [0.29, 0.717) is 3.70 Å². The first kappa shape index (κ1) is 8.10. The SMILES string of the molecule is Oc1cc2c(nc1I)CCCO2. The molecule has 0 bridgehead atoms. The summed E-state index contributed by atoms with van der Waals surface area (Å²) in [6, 6.07) is 1.64. The standard InChI is InChI=1S/C8H8INO2/c9-8-6(11)4-7-5(10-8)2-1-3-12-7/h4,11H,1-3H2. The van der Waals surface area contributed by atoms with Crippen molar-refractivity contribution in [3.8, 4) is 11.5 Å². The third-order valence-corrected chi connectivity index (χ3v) is 2.61. The van der Waals surface area contributed by atoms with Gasteiger partial charge >= 0.3 is 0 Å². The number of aromatic nitrogens is 1. The van der Waals surface area contributed by atoms with Gasteiger partial charge in [0, 0.05) is 6.07 Å². The average Bonchev–Trinajstić information content (AvgIpc) is 2.07. The molecule has 12 heavy (non-hydrogen) atoms. The maximum Gasteiger partial charge on any atom is 0.151 e. The van der Waals surface area contributed by atoms with Gasteiger partial charge in [0.2, 0.25) is 0 Å². The lowest BCUT2D eigenvalue weighted by Crippen LogP contribution is -2.10. The van der Waals surface area contributed by atoms with Crippen LogP contribution >= 0.6 is 22.6 Å². The molecular formula is C8H8INO2. The Balaban J connectivity index is 2.49. The van der Waals surface area contributed by atoms with Gasteiger partial charge in [0.1, 0.15) is 9.45 Å². The first-order valence-electron chi connectivity index (χ1n) is 3.78. The lowest BCUT2D eigenvalue weighted by Gasteiger charge is -2.16. The van der Waals surface area contributed by atoms with Crippen molar-refractivity contribution in [2.75, 3.05) is 6.61 Å². The molecule has 4 heteroatoms. The van der Waals surface area contributed by atoms with Gasteiger partial charge < -0.3 is 9.84 Å². The van der Waals surface area contributed by atoms with Crippen LogP contribution in [0.3, 0.4) is 0 Å². The van der Waals surface area contributed by atoms with Gasteiger partial charge in [-0.3, -0.25) is 0 Å². The summed E-state index contributed by atoms with van der Waals surface area (Å²) >= 11 is 2.01. The molecule has 0 saturated heterocycles. The van der Waals surface area contributed by atoms with E-state index in [2.05, 4.69) is 4.98 Å². The summed E-state index contributed by atoms with van der Waals surface area (Å²) in [5, 5.41) is 9.33. The molecule has 0 spiro atoms. The molecule has 2 heterocycles. The van der Waals surface area contributed by atoms with E-state index < -0.39 is 0 Å². The second kappa shape index (κ2) is 3.08. The number of hydrogen-bond donors (Lipinski definition) is 1. The first-order valence-corrected chi connectivity index (χ1v) is 4.86. The molecule has 1 N–H and O–H groups in total. The molecule has 1 aromatic heterocycles. The minimum atomic E-state index is 0.205. The number of ether oxygens (including phenoxy) is 1. The molecule has 0 amide bonds. The Bertz CT molecular complexity index is 283. The highest BCUT2D eigenvalue weighted by Crippen LogP contribution is 2.29. The van der Waals surface area contributed by atoms with Crippen molar-refractivity contribution >= 4 is 22.6 Å². The van der Waals surface area contributed by atoms with Crippen LogP contribution in [0, 0.1) is 3.70 Å². The molecule has 0 atom stereocenters. The molecule has 1 aliphatic heterocycles. The normalized spacial score (nSPS) is 15.1. The second-order valence-electron chi connectivity index (χ2n) is 2.70. The average molecular weight is 277 g/mol. The van der Waals surface area contributed by atoms with Crippen LogP contribution in [0.1, 0.15) is 12.1 Å². The van der Waals surface area contributed by atoms with E-state index in [9.17, 15) is 5.11 Å². The zero-order valence-electron chi connectivity index (χ0n) is 6.38. The van der Waals surface area contributed by atoms with Crippen molar-refractivity contribution < 1.29 is 9.84 Å². The number of halogens is 1. The highest BCUT2D eigenvalue weighted by molar-refractivity contribution is 14.1. The van der Waals surface area contributed by atoms with Crippen molar-refractivity contribution in [2.24, 2.45) is 0 Å². The number of fused-ring (bicyclic) bond motifs is 1. The first-order chi connectivity index (χ1) is 5.77. The Morgan fingerprint density at radius 2 is 2.42 bits per heavy atom. The molecule has 0 saturated carbocycles. The van der Waals surface area contributed by atoms with Crippen molar-refractivity contribution in [1.82, 2.24) is 4.98 Å². The summed E-state index contributed by atoms with van der Waals surface area (Å²) in [6.45, 7) is 0.731. The molecule has 3 nitrogen and oxygen atoms in total. The zero-order valence-corrected chi connectivity index (χ0v) is 8.54. The molecule has 0 aromatic carbocycles. The van der Waals surface area contributed by atoms with Crippen LogP contribution in [-0.4, -0.2) is 16.7 Å². The zero-order chi connectivity index (χ0) is 8.55. The van der Waals surface area contributed by atoms with E-state index >= 15 is 0 Å². The Hall–Kier alpha value is -0.520. The molecule has 0 unspecified atom stereocenters. The smallest absolute Gasteiger partial charge is 0.151 e. The summed E-state index contributed by atoms with van der Waals surface area (Å²) in [4.78, 5) is 4.22. The lowest BCUT2D eigenvalue weighted by atomic mass is 10.2. The molecule has 1 aliphatic rings. The van der Waals surface area contributed by atoms with Crippen LogP contribution in [0.4, 0.5) is 0 Å². The number of aromatic hydroxyl groups is 1. The fraction of sp³-hybridized carbons (Fsp3) is 0.375. The van der Waals surface area contributed by atoms with E-state index in [1.807, 2.05) is 22.6 Å². The number of aryl methyl sites for hydroxylation is 1. The highest BCUT2D eigenvalue weighted by Gasteiger charge is 2.14. The van der Waals surface area contributed by atoms with Gasteiger partial charge in [-0.2, -0.15) is 0 Å². The number of nitrogens with zero attached hydrogens (tertiary/aromatic N) is 1. The quantitative estimate of drug-likeness (QED) is 0.580. The van der Waals surface area contributed by atoms with Gasteiger partial charge in [-0.25, -0.2) is 4.98 Å². The van der Waals surface area contributed by atoms with Gasteiger partial charge in [0.15, 0.2) is 5.75 Å². The van der Waals surface area contributed by atoms with E-state index in [1.165, 1.54) is 0 Å². The van der Waals surface area contributed by atoms with Crippen molar-refractivity contribution in [2.45, 2.75) is 12.8 Å². The molecule has 1 aromatic rings. The molecule has 2 rings (SSSR count). The fourth-order valence-electron chi connectivity index (χ4n) is 1.22. The van der Waals surface area contributed by atoms with Crippen molar-refractivity contribution in [3.63, 3.8) is 0 Å². The van der Waals surface area contributed by atoms with Crippen LogP contribution in [0.5, 0.6) is 11.5 Å². The molecule has 0 fully saturated rings. The largest absolute Gasteiger partial charge is 0.505 e. The summed E-state index contributed by atoms with van der Waals surface area (Å²) in [5.41, 5.74) is 0.962.